The van der Waals surface area contributed by atoms with Crippen molar-refractivity contribution in [1.29, 1.82) is 0 Å². The van der Waals surface area contributed by atoms with E-state index in [0.29, 0.717) is 12.8 Å². The number of halogens is 2. The molecule has 18 heavy (non-hydrogen) atoms. The third kappa shape index (κ3) is 3.43. The zero-order chi connectivity index (χ0) is 14.8. The SMILES string of the molecule is C=CCC(CC(=C)C)C(C)(F)C(C)(C)C(C)(C)F. The minimum atomic E-state index is -1.63. The van der Waals surface area contributed by atoms with E-state index in [1.54, 1.807) is 19.9 Å². The van der Waals surface area contributed by atoms with Crippen LogP contribution in [0.4, 0.5) is 8.78 Å². The van der Waals surface area contributed by atoms with Crippen LogP contribution in [0.1, 0.15) is 54.4 Å². The Morgan fingerprint density at radius 2 is 1.61 bits per heavy atom. The molecule has 0 spiro atoms. The molecular formula is C16H28F2. The van der Waals surface area contributed by atoms with Crippen molar-refractivity contribution in [2.45, 2.75) is 65.7 Å². The summed E-state index contributed by atoms with van der Waals surface area (Å²) in [7, 11) is 0. The zero-order valence-electron chi connectivity index (χ0n) is 12.7. The molecule has 2 unspecified atom stereocenters. The average Bonchev–Trinajstić information content (AvgIpc) is 2.14. The van der Waals surface area contributed by atoms with Crippen molar-refractivity contribution < 1.29 is 8.78 Å². The molecule has 2 heteroatoms. The van der Waals surface area contributed by atoms with Crippen LogP contribution in [0, 0.1) is 11.3 Å². The molecule has 0 fully saturated rings. The topological polar surface area (TPSA) is 0 Å². The van der Waals surface area contributed by atoms with E-state index in [9.17, 15) is 4.39 Å². The first kappa shape index (κ1) is 17.3. The highest BCUT2D eigenvalue weighted by molar-refractivity contribution is 5.07. The summed E-state index contributed by atoms with van der Waals surface area (Å²) in [6.45, 7) is 17.1. The van der Waals surface area contributed by atoms with Crippen LogP contribution >= 0.6 is 0 Å². The fourth-order valence-corrected chi connectivity index (χ4v) is 2.21. The van der Waals surface area contributed by atoms with Crippen LogP contribution in [0.15, 0.2) is 24.8 Å². The molecule has 0 nitrogen and oxygen atoms in total. The lowest BCUT2D eigenvalue weighted by molar-refractivity contribution is -0.104. The van der Waals surface area contributed by atoms with Crippen LogP contribution in [0.2, 0.25) is 0 Å². The summed E-state index contributed by atoms with van der Waals surface area (Å²) in [6, 6.07) is 0. The van der Waals surface area contributed by atoms with Crippen LogP contribution in [0.3, 0.4) is 0 Å². The predicted octanol–water partition coefficient (Wildman–Crippen LogP) is 5.65. The second-order valence-corrected chi connectivity index (χ2v) is 6.56. The Labute approximate surface area is 111 Å². The van der Waals surface area contributed by atoms with Crippen LogP contribution in [0.25, 0.3) is 0 Å². The summed E-state index contributed by atoms with van der Waals surface area (Å²) in [6.07, 6.45) is 2.78. The monoisotopic (exact) mass is 258 g/mol. The zero-order valence-corrected chi connectivity index (χ0v) is 12.7. The van der Waals surface area contributed by atoms with Gasteiger partial charge in [0, 0.05) is 11.3 Å². The molecule has 0 amide bonds. The molecule has 0 aromatic rings. The van der Waals surface area contributed by atoms with Gasteiger partial charge in [-0.2, -0.15) is 0 Å². The maximum Gasteiger partial charge on any atom is 0.119 e. The van der Waals surface area contributed by atoms with Crippen molar-refractivity contribution in [1.82, 2.24) is 0 Å². The van der Waals surface area contributed by atoms with Gasteiger partial charge in [0.15, 0.2) is 0 Å². The van der Waals surface area contributed by atoms with E-state index in [1.807, 2.05) is 6.92 Å². The van der Waals surface area contributed by atoms with Gasteiger partial charge in [0.25, 0.3) is 0 Å². The molecule has 0 aliphatic carbocycles. The molecule has 0 aliphatic heterocycles. The highest BCUT2D eigenvalue weighted by atomic mass is 19.2. The minimum absolute atomic E-state index is 0.294. The van der Waals surface area contributed by atoms with Gasteiger partial charge in [0.2, 0.25) is 0 Å². The van der Waals surface area contributed by atoms with E-state index >= 15 is 4.39 Å². The van der Waals surface area contributed by atoms with E-state index < -0.39 is 16.8 Å². The van der Waals surface area contributed by atoms with Crippen LogP contribution in [0.5, 0.6) is 0 Å². The van der Waals surface area contributed by atoms with Crippen LogP contribution in [-0.4, -0.2) is 11.3 Å². The maximum absolute atomic E-state index is 15.2. The molecule has 106 valence electrons. The highest BCUT2D eigenvalue weighted by Gasteiger charge is 2.55. The van der Waals surface area contributed by atoms with E-state index in [-0.39, 0.29) is 5.92 Å². The average molecular weight is 258 g/mol. The van der Waals surface area contributed by atoms with Gasteiger partial charge < -0.3 is 0 Å². The molecule has 0 radical (unpaired) electrons. The first-order valence-electron chi connectivity index (χ1n) is 6.51. The third-order valence-corrected chi connectivity index (χ3v) is 4.52. The summed E-state index contributed by atoms with van der Waals surface area (Å²) < 4.78 is 29.6. The van der Waals surface area contributed by atoms with Crippen molar-refractivity contribution in [2.75, 3.05) is 0 Å². The van der Waals surface area contributed by atoms with Crippen molar-refractivity contribution >= 4 is 0 Å². The Hall–Kier alpha value is -0.660. The molecule has 2 atom stereocenters. The first-order chi connectivity index (χ1) is 7.88. The Bertz CT molecular complexity index is 306. The van der Waals surface area contributed by atoms with E-state index in [0.717, 1.165) is 5.57 Å². The van der Waals surface area contributed by atoms with Crippen molar-refractivity contribution in [3.05, 3.63) is 24.8 Å². The summed E-state index contributed by atoms with van der Waals surface area (Å²) in [5.74, 6) is -0.294. The van der Waals surface area contributed by atoms with Crippen molar-refractivity contribution in [2.24, 2.45) is 11.3 Å². The van der Waals surface area contributed by atoms with Gasteiger partial charge in [0.05, 0.1) is 0 Å². The predicted molar refractivity (Wildman–Crippen MR) is 76.2 cm³/mol. The van der Waals surface area contributed by atoms with Gasteiger partial charge in [-0.05, 0) is 40.5 Å². The van der Waals surface area contributed by atoms with Gasteiger partial charge in [-0.15, -0.1) is 13.2 Å². The molecule has 0 saturated carbocycles. The van der Waals surface area contributed by atoms with Gasteiger partial charge in [0.1, 0.15) is 11.3 Å². The Kier molecular flexibility index (Phi) is 5.34. The summed E-state index contributed by atoms with van der Waals surface area (Å²) >= 11 is 0. The lowest BCUT2D eigenvalue weighted by Gasteiger charge is -2.48. The van der Waals surface area contributed by atoms with Crippen LogP contribution < -0.4 is 0 Å². The fourth-order valence-electron chi connectivity index (χ4n) is 2.21. The lowest BCUT2D eigenvalue weighted by atomic mass is 9.61. The molecule has 0 aromatic carbocycles. The molecule has 0 saturated heterocycles. The number of hydrogen-bond donors (Lipinski definition) is 0. The van der Waals surface area contributed by atoms with Crippen molar-refractivity contribution in [3.8, 4) is 0 Å². The first-order valence-corrected chi connectivity index (χ1v) is 6.51. The quantitative estimate of drug-likeness (QED) is 0.518. The lowest BCUT2D eigenvalue weighted by Crippen LogP contribution is -2.53. The van der Waals surface area contributed by atoms with E-state index in [4.69, 9.17) is 0 Å². The molecule has 0 aromatic heterocycles. The molecule has 0 N–H and O–H groups in total. The molecule has 0 rings (SSSR count). The molecule has 0 aliphatic rings. The van der Waals surface area contributed by atoms with Gasteiger partial charge >= 0.3 is 0 Å². The number of alkyl halides is 2. The summed E-state index contributed by atoms with van der Waals surface area (Å²) in [5, 5.41) is 0. The minimum Gasteiger partial charge on any atom is -0.244 e. The largest absolute Gasteiger partial charge is 0.244 e. The maximum atomic E-state index is 15.2. The smallest absolute Gasteiger partial charge is 0.119 e. The van der Waals surface area contributed by atoms with Crippen LogP contribution in [-0.2, 0) is 0 Å². The van der Waals surface area contributed by atoms with Gasteiger partial charge in [-0.3, -0.25) is 0 Å². The number of allylic oxidation sites excluding steroid dienone is 2. The Balaban J connectivity index is 5.40. The second kappa shape index (κ2) is 5.54. The third-order valence-electron chi connectivity index (χ3n) is 4.52. The summed E-state index contributed by atoms with van der Waals surface area (Å²) in [4.78, 5) is 0. The molecule has 0 heterocycles. The number of hydrogen-bond acceptors (Lipinski definition) is 0. The van der Waals surface area contributed by atoms with Gasteiger partial charge in [-0.1, -0.05) is 25.5 Å². The Morgan fingerprint density at radius 1 is 1.17 bits per heavy atom. The van der Waals surface area contributed by atoms with Crippen molar-refractivity contribution in [3.63, 3.8) is 0 Å². The normalized spacial score (nSPS) is 18.0. The highest BCUT2D eigenvalue weighted by Crippen LogP contribution is 2.51. The fraction of sp³-hybridized carbons (Fsp3) is 0.750. The standard InChI is InChI=1S/C16H28F2/c1-9-10-13(11-12(2)3)16(8,18)14(4,5)15(6,7)17/h9,13H,1-2,10-11H2,3-8H3. The van der Waals surface area contributed by atoms with E-state index in [1.165, 1.54) is 20.8 Å². The Morgan fingerprint density at radius 3 is 1.89 bits per heavy atom. The van der Waals surface area contributed by atoms with E-state index in [2.05, 4.69) is 13.2 Å². The van der Waals surface area contributed by atoms with Gasteiger partial charge in [-0.25, -0.2) is 8.78 Å². The molecular weight excluding hydrogens is 230 g/mol. The molecule has 0 bridgehead atoms. The number of rotatable bonds is 7. The second-order valence-electron chi connectivity index (χ2n) is 6.56. The summed E-state index contributed by atoms with van der Waals surface area (Å²) in [5.41, 5.74) is -3.38.